The van der Waals surface area contributed by atoms with Crippen LogP contribution in [-0.4, -0.2) is 64.3 Å². The van der Waals surface area contributed by atoms with Crippen LogP contribution in [0.15, 0.2) is 29.3 Å². The zero-order chi connectivity index (χ0) is 19.6. The maximum atomic E-state index is 13.6. The first kappa shape index (κ1) is 25.9. The number of sulfonamides is 1. The summed E-state index contributed by atoms with van der Waals surface area (Å²) in [7, 11) is 0.0746. The van der Waals surface area contributed by atoms with E-state index in [1.807, 2.05) is 6.92 Å². The van der Waals surface area contributed by atoms with Crippen molar-refractivity contribution < 1.29 is 17.5 Å². The minimum atomic E-state index is -3.15. The minimum Gasteiger partial charge on any atom is -0.486 e. The molecule has 0 aliphatic carbocycles. The Balaban J connectivity index is 0.00000676. The third-order valence-electron chi connectivity index (χ3n) is 3.73. The van der Waals surface area contributed by atoms with Crippen LogP contribution in [-0.2, 0) is 10.0 Å². The first-order chi connectivity index (χ1) is 12.3. The van der Waals surface area contributed by atoms with E-state index < -0.39 is 15.8 Å². The van der Waals surface area contributed by atoms with Crippen molar-refractivity contribution in [3.8, 4) is 5.75 Å². The highest BCUT2D eigenvalue weighted by molar-refractivity contribution is 14.0. The smallest absolute Gasteiger partial charge is 0.213 e. The molecule has 0 saturated carbocycles. The molecule has 1 atom stereocenters. The second-order valence-corrected chi connectivity index (χ2v) is 8.18. The zero-order valence-corrected chi connectivity index (χ0v) is 19.4. The van der Waals surface area contributed by atoms with Gasteiger partial charge < -0.3 is 15.4 Å². The van der Waals surface area contributed by atoms with Gasteiger partial charge in [-0.3, -0.25) is 4.99 Å². The minimum absolute atomic E-state index is 0. The van der Waals surface area contributed by atoms with Gasteiger partial charge in [-0.2, -0.15) is 0 Å². The molecule has 0 heterocycles. The molecular weight excluding hydrogens is 486 g/mol. The average molecular weight is 516 g/mol. The molecule has 156 valence electrons. The highest BCUT2D eigenvalue weighted by Gasteiger charge is 2.14. The van der Waals surface area contributed by atoms with Crippen molar-refractivity contribution in [2.75, 3.05) is 39.5 Å². The molecular formula is C17H30FIN4O3S. The lowest BCUT2D eigenvalue weighted by Gasteiger charge is -2.19. The second kappa shape index (κ2) is 13.1. The Bertz CT molecular complexity index is 689. The first-order valence-corrected chi connectivity index (χ1v) is 10.2. The number of benzene rings is 1. The van der Waals surface area contributed by atoms with E-state index in [0.29, 0.717) is 32.0 Å². The molecule has 0 amide bonds. The van der Waals surface area contributed by atoms with Crippen LogP contribution < -0.4 is 15.4 Å². The van der Waals surface area contributed by atoms with Gasteiger partial charge in [0.1, 0.15) is 6.10 Å². The van der Waals surface area contributed by atoms with E-state index in [1.54, 1.807) is 39.2 Å². The summed E-state index contributed by atoms with van der Waals surface area (Å²) >= 11 is 0. The molecule has 0 saturated heterocycles. The van der Waals surface area contributed by atoms with E-state index in [1.165, 1.54) is 10.4 Å². The Morgan fingerprint density at radius 2 is 2.00 bits per heavy atom. The Kier molecular flexibility index (Phi) is 12.6. The third-order valence-corrected chi connectivity index (χ3v) is 5.59. The van der Waals surface area contributed by atoms with Gasteiger partial charge in [0, 0.05) is 27.2 Å². The average Bonchev–Trinajstić information content (AvgIpc) is 2.62. The number of nitrogens with one attached hydrogen (secondary N) is 2. The van der Waals surface area contributed by atoms with Crippen LogP contribution in [0.2, 0.25) is 0 Å². The van der Waals surface area contributed by atoms with E-state index in [0.717, 1.165) is 0 Å². The van der Waals surface area contributed by atoms with Gasteiger partial charge in [-0.05, 0) is 32.4 Å². The number of hydrogen-bond acceptors (Lipinski definition) is 4. The van der Waals surface area contributed by atoms with Crippen LogP contribution in [0.1, 0.15) is 20.3 Å². The van der Waals surface area contributed by atoms with E-state index in [9.17, 15) is 12.8 Å². The fraction of sp³-hybridized carbons (Fsp3) is 0.588. The molecule has 1 aromatic rings. The highest BCUT2D eigenvalue weighted by Crippen LogP contribution is 2.16. The van der Waals surface area contributed by atoms with Crippen LogP contribution in [0.4, 0.5) is 4.39 Å². The van der Waals surface area contributed by atoms with Gasteiger partial charge in [0.15, 0.2) is 17.5 Å². The molecule has 0 aliphatic rings. The second-order valence-electron chi connectivity index (χ2n) is 5.81. The molecule has 0 spiro atoms. The fourth-order valence-electron chi connectivity index (χ4n) is 2.13. The summed E-state index contributed by atoms with van der Waals surface area (Å²) < 4.78 is 43.8. The Labute approximate surface area is 178 Å². The normalized spacial score (nSPS) is 13.0. The molecule has 7 nitrogen and oxygen atoms in total. The number of nitrogens with zero attached hydrogens (tertiary/aromatic N) is 2. The lowest BCUT2D eigenvalue weighted by atomic mass is 10.3. The summed E-state index contributed by atoms with van der Waals surface area (Å²) in [6.07, 6.45) is 0.392. The standard InChI is InChI=1S/C17H29FN4O3S.HI/c1-5-26(23,24)22(4)12-8-11-20-17(19-3)21-13-14(2)25-16-10-7-6-9-15(16)18;/h6-7,9-10,14H,5,8,11-13H2,1-4H3,(H2,19,20,21);1H. The summed E-state index contributed by atoms with van der Waals surface area (Å²) in [6.45, 7) is 4.91. The van der Waals surface area contributed by atoms with Crippen molar-refractivity contribution in [1.29, 1.82) is 0 Å². The van der Waals surface area contributed by atoms with Gasteiger partial charge in [-0.25, -0.2) is 17.1 Å². The Hall–Kier alpha value is -1.14. The molecule has 0 bridgehead atoms. The van der Waals surface area contributed by atoms with E-state index >= 15 is 0 Å². The molecule has 0 aliphatic heterocycles. The summed E-state index contributed by atoms with van der Waals surface area (Å²) in [4.78, 5) is 4.10. The number of rotatable bonds is 10. The Morgan fingerprint density at radius 1 is 1.33 bits per heavy atom. The Morgan fingerprint density at radius 3 is 2.59 bits per heavy atom. The number of halogens is 2. The van der Waals surface area contributed by atoms with Crippen LogP contribution in [0.25, 0.3) is 0 Å². The molecule has 2 N–H and O–H groups in total. The van der Waals surface area contributed by atoms with Gasteiger partial charge in [0.25, 0.3) is 0 Å². The van der Waals surface area contributed by atoms with Gasteiger partial charge in [0.05, 0.1) is 12.3 Å². The van der Waals surface area contributed by atoms with Gasteiger partial charge >= 0.3 is 0 Å². The molecule has 0 fully saturated rings. The third kappa shape index (κ3) is 9.56. The van der Waals surface area contributed by atoms with E-state index in [-0.39, 0.29) is 41.6 Å². The van der Waals surface area contributed by atoms with Crippen molar-refractivity contribution in [1.82, 2.24) is 14.9 Å². The number of aliphatic imine (C=N–C) groups is 1. The summed E-state index contributed by atoms with van der Waals surface area (Å²) in [5.41, 5.74) is 0. The fourth-order valence-corrected chi connectivity index (χ4v) is 2.98. The monoisotopic (exact) mass is 516 g/mol. The highest BCUT2D eigenvalue weighted by atomic mass is 127. The number of ether oxygens (including phenoxy) is 1. The lowest BCUT2D eigenvalue weighted by molar-refractivity contribution is 0.214. The molecule has 1 rings (SSSR count). The van der Waals surface area contributed by atoms with Gasteiger partial charge in [-0.1, -0.05) is 12.1 Å². The first-order valence-electron chi connectivity index (χ1n) is 8.59. The van der Waals surface area contributed by atoms with Crippen molar-refractivity contribution >= 4 is 40.0 Å². The van der Waals surface area contributed by atoms with Crippen LogP contribution in [0.3, 0.4) is 0 Å². The molecule has 0 aromatic heterocycles. The van der Waals surface area contributed by atoms with Crippen molar-refractivity contribution in [2.45, 2.75) is 26.4 Å². The molecule has 1 aromatic carbocycles. The number of hydrogen-bond donors (Lipinski definition) is 2. The number of para-hydroxylation sites is 1. The van der Waals surface area contributed by atoms with Crippen LogP contribution in [0, 0.1) is 5.82 Å². The lowest BCUT2D eigenvalue weighted by Crippen LogP contribution is -2.42. The van der Waals surface area contributed by atoms with Crippen LogP contribution in [0.5, 0.6) is 5.75 Å². The van der Waals surface area contributed by atoms with E-state index in [4.69, 9.17) is 4.74 Å². The maximum Gasteiger partial charge on any atom is 0.213 e. The summed E-state index contributed by atoms with van der Waals surface area (Å²) in [5.74, 6) is 0.493. The summed E-state index contributed by atoms with van der Waals surface area (Å²) in [6, 6.07) is 6.26. The maximum absolute atomic E-state index is 13.6. The molecule has 1 unspecified atom stereocenters. The van der Waals surface area contributed by atoms with E-state index in [2.05, 4.69) is 15.6 Å². The predicted octanol–water partition coefficient (Wildman–Crippen LogP) is 2.05. The summed E-state index contributed by atoms with van der Waals surface area (Å²) in [5, 5.41) is 6.21. The zero-order valence-electron chi connectivity index (χ0n) is 16.2. The largest absolute Gasteiger partial charge is 0.486 e. The van der Waals surface area contributed by atoms with Gasteiger partial charge in [0.2, 0.25) is 10.0 Å². The topological polar surface area (TPSA) is 83.0 Å². The van der Waals surface area contributed by atoms with Gasteiger partial charge in [-0.15, -0.1) is 24.0 Å². The quantitative estimate of drug-likeness (QED) is 0.215. The van der Waals surface area contributed by atoms with Crippen molar-refractivity contribution in [2.24, 2.45) is 4.99 Å². The predicted molar refractivity (Wildman–Crippen MR) is 118 cm³/mol. The molecule has 27 heavy (non-hydrogen) atoms. The SMILES string of the molecule is CCS(=O)(=O)N(C)CCCNC(=NC)NCC(C)Oc1ccccc1F.I. The van der Waals surface area contributed by atoms with Crippen molar-refractivity contribution in [3.63, 3.8) is 0 Å². The van der Waals surface area contributed by atoms with Crippen LogP contribution >= 0.6 is 24.0 Å². The number of guanidine groups is 1. The molecule has 0 radical (unpaired) electrons. The van der Waals surface area contributed by atoms with Crippen molar-refractivity contribution in [3.05, 3.63) is 30.1 Å². The molecule has 10 heteroatoms.